The summed E-state index contributed by atoms with van der Waals surface area (Å²) in [4.78, 5) is 3.53. The highest BCUT2D eigenvalue weighted by atomic mass is 32.2. The van der Waals surface area contributed by atoms with E-state index in [-0.39, 0.29) is 6.23 Å². The van der Waals surface area contributed by atoms with Crippen LogP contribution in [0.25, 0.3) is 0 Å². The third-order valence-corrected chi connectivity index (χ3v) is 6.89. The second-order valence-corrected chi connectivity index (χ2v) is 9.36. The molecule has 1 unspecified atom stereocenters. The van der Waals surface area contributed by atoms with Crippen molar-refractivity contribution < 1.29 is 14.2 Å². The largest absolute Gasteiger partial charge is 0.490 e. The average molecular weight is 499 g/mol. The first-order valence-corrected chi connectivity index (χ1v) is 13.2. The van der Waals surface area contributed by atoms with Crippen LogP contribution < -0.4 is 19.7 Å². The van der Waals surface area contributed by atoms with Crippen molar-refractivity contribution in [3.05, 3.63) is 108 Å². The molecule has 36 heavy (non-hydrogen) atoms. The fourth-order valence-corrected chi connectivity index (χ4v) is 4.71. The number of fused-ring (bicyclic) bond motifs is 1. The lowest BCUT2D eigenvalue weighted by Gasteiger charge is -2.32. The molecular weight excluding hydrogens is 468 g/mol. The molecule has 1 atom stereocenters. The summed E-state index contributed by atoms with van der Waals surface area (Å²) in [5.41, 5.74) is 4.34. The molecule has 0 saturated carbocycles. The molecular formula is C30H30N2O3S. The number of nitrogens with one attached hydrogen (secondary N) is 1. The molecule has 184 valence electrons. The third kappa shape index (κ3) is 5.68. The van der Waals surface area contributed by atoms with Crippen molar-refractivity contribution in [3.63, 3.8) is 0 Å². The topological polar surface area (TPSA) is 43.0 Å². The van der Waals surface area contributed by atoms with Crippen molar-refractivity contribution in [1.29, 1.82) is 0 Å². The maximum absolute atomic E-state index is 6.07. The summed E-state index contributed by atoms with van der Waals surface area (Å²) in [6, 6.07) is 32.9. The van der Waals surface area contributed by atoms with E-state index in [0.717, 1.165) is 40.7 Å². The van der Waals surface area contributed by atoms with Gasteiger partial charge < -0.3 is 19.1 Å². The molecule has 5 rings (SSSR count). The SMILES string of the molecule is COC(NCc1ccc(SC)cc1)c1ccc2c(c1)OCCN2c1cccc(Oc2ccccc2)c1. The summed E-state index contributed by atoms with van der Waals surface area (Å²) >= 11 is 1.75. The Morgan fingerprint density at radius 2 is 1.72 bits per heavy atom. The van der Waals surface area contributed by atoms with E-state index in [9.17, 15) is 0 Å². The molecule has 0 saturated heterocycles. The first-order valence-electron chi connectivity index (χ1n) is 12.0. The second kappa shape index (κ2) is 11.5. The zero-order valence-electron chi connectivity index (χ0n) is 20.5. The van der Waals surface area contributed by atoms with Crippen LogP contribution in [-0.4, -0.2) is 26.5 Å². The second-order valence-electron chi connectivity index (χ2n) is 8.48. The lowest BCUT2D eigenvalue weighted by molar-refractivity contribution is 0.0718. The Morgan fingerprint density at radius 3 is 2.50 bits per heavy atom. The van der Waals surface area contributed by atoms with E-state index < -0.39 is 0 Å². The number of nitrogens with zero attached hydrogens (tertiary/aromatic N) is 1. The predicted octanol–water partition coefficient (Wildman–Crippen LogP) is 7.17. The number of benzene rings is 4. The molecule has 1 N–H and O–H groups in total. The van der Waals surface area contributed by atoms with Gasteiger partial charge in [0.25, 0.3) is 0 Å². The van der Waals surface area contributed by atoms with Crippen molar-refractivity contribution >= 4 is 23.1 Å². The summed E-state index contributed by atoms with van der Waals surface area (Å²) < 4.78 is 17.9. The van der Waals surface area contributed by atoms with Crippen LogP contribution in [0.3, 0.4) is 0 Å². The average Bonchev–Trinajstić information content (AvgIpc) is 2.94. The number of rotatable bonds is 9. The van der Waals surface area contributed by atoms with E-state index in [1.54, 1.807) is 18.9 Å². The standard InChI is InChI=1S/C30H30N2O3S/c1-33-30(31-21-22-11-14-27(36-2)15-12-22)23-13-16-28-29(19-23)34-18-17-32(28)24-7-6-10-26(20-24)35-25-8-4-3-5-9-25/h3-16,19-20,30-31H,17-18,21H2,1-2H3. The van der Waals surface area contributed by atoms with Gasteiger partial charge in [-0.2, -0.15) is 0 Å². The van der Waals surface area contributed by atoms with Gasteiger partial charge in [0, 0.05) is 30.3 Å². The Morgan fingerprint density at radius 1 is 0.917 bits per heavy atom. The van der Waals surface area contributed by atoms with Crippen LogP contribution in [-0.2, 0) is 11.3 Å². The van der Waals surface area contributed by atoms with Crippen molar-refractivity contribution in [2.75, 3.05) is 31.4 Å². The molecule has 4 aromatic rings. The first kappa shape index (κ1) is 24.3. The molecule has 6 heteroatoms. The maximum atomic E-state index is 6.07. The van der Waals surface area contributed by atoms with Gasteiger partial charge in [0.2, 0.25) is 0 Å². The van der Waals surface area contributed by atoms with Gasteiger partial charge in [0.1, 0.15) is 30.1 Å². The predicted molar refractivity (Wildman–Crippen MR) is 147 cm³/mol. The molecule has 1 heterocycles. The normalized spacial score (nSPS) is 13.6. The molecule has 0 aromatic heterocycles. The van der Waals surface area contributed by atoms with Gasteiger partial charge in [-0.15, -0.1) is 11.8 Å². The van der Waals surface area contributed by atoms with Crippen LogP contribution >= 0.6 is 11.8 Å². The number of thioether (sulfide) groups is 1. The Balaban J connectivity index is 1.32. The number of methoxy groups -OCH3 is 1. The lowest BCUT2D eigenvalue weighted by atomic mass is 10.1. The van der Waals surface area contributed by atoms with Crippen LogP contribution in [0.5, 0.6) is 17.2 Å². The minimum absolute atomic E-state index is 0.239. The summed E-state index contributed by atoms with van der Waals surface area (Å²) in [5, 5.41) is 3.51. The van der Waals surface area contributed by atoms with Crippen LogP contribution in [0.15, 0.2) is 102 Å². The number of ether oxygens (including phenoxy) is 3. The highest BCUT2D eigenvalue weighted by molar-refractivity contribution is 7.98. The van der Waals surface area contributed by atoms with E-state index >= 15 is 0 Å². The molecule has 0 spiro atoms. The van der Waals surface area contributed by atoms with Crippen molar-refractivity contribution in [1.82, 2.24) is 5.32 Å². The Kier molecular flexibility index (Phi) is 7.76. The minimum Gasteiger partial charge on any atom is -0.490 e. The summed E-state index contributed by atoms with van der Waals surface area (Å²) in [6.07, 6.45) is 1.85. The molecule has 1 aliphatic rings. The minimum atomic E-state index is -0.239. The highest BCUT2D eigenvalue weighted by Gasteiger charge is 2.22. The van der Waals surface area contributed by atoms with Gasteiger partial charge in [-0.05, 0) is 65.9 Å². The molecule has 0 radical (unpaired) electrons. The van der Waals surface area contributed by atoms with E-state index in [0.29, 0.717) is 13.2 Å². The monoisotopic (exact) mass is 498 g/mol. The van der Waals surface area contributed by atoms with Gasteiger partial charge in [-0.25, -0.2) is 0 Å². The molecule has 0 bridgehead atoms. The zero-order valence-corrected chi connectivity index (χ0v) is 21.3. The van der Waals surface area contributed by atoms with Crippen molar-refractivity contribution in [2.45, 2.75) is 17.7 Å². The number of anilines is 2. The number of hydrogen-bond acceptors (Lipinski definition) is 6. The summed E-state index contributed by atoms with van der Waals surface area (Å²) in [6.45, 7) is 2.08. The van der Waals surface area contributed by atoms with Gasteiger partial charge in [0.05, 0.1) is 12.2 Å². The van der Waals surface area contributed by atoms with Crippen molar-refractivity contribution in [3.8, 4) is 17.2 Å². The van der Waals surface area contributed by atoms with E-state index in [1.807, 2.05) is 42.5 Å². The van der Waals surface area contributed by atoms with E-state index in [2.05, 4.69) is 71.1 Å². The molecule has 0 amide bonds. The van der Waals surface area contributed by atoms with E-state index in [1.165, 1.54) is 10.5 Å². The zero-order chi connectivity index (χ0) is 24.7. The molecule has 0 fully saturated rings. The van der Waals surface area contributed by atoms with Crippen LogP contribution in [0.4, 0.5) is 11.4 Å². The highest BCUT2D eigenvalue weighted by Crippen LogP contribution is 2.39. The third-order valence-electron chi connectivity index (χ3n) is 6.14. The molecule has 4 aromatic carbocycles. The molecule has 5 nitrogen and oxygen atoms in total. The first-order chi connectivity index (χ1) is 17.7. The fourth-order valence-electron chi connectivity index (χ4n) is 4.30. The summed E-state index contributed by atoms with van der Waals surface area (Å²) in [7, 11) is 1.72. The van der Waals surface area contributed by atoms with Crippen LogP contribution in [0.1, 0.15) is 17.4 Å². The Bertz CT molecular complexity index is 1280. The fraction of sp³-hybridized carbons (Fsp3) is 0.200. The Labute approximate surface area is 217 Å². The van der Waals surface area contributed by atoms with E-state index in [4.69, 9.17) is 14.2 Å². The maximum Gasteiger partial charge on any atom is 0.143 e. The number of hydrogen-bond donors (Lipinski definition) is 1. The van der Waals surface area contributed by atoms with Gasteiger partial charge in [-0.1, -0.05) is 42.5 Å². The molecule has 1 aliphatic heterocycles. The quantitative estimate of drug-likeness (QED) is 0.195. The Hall–Kier alpha value is -3.45. The van der Waals surface area contributed by atoms with Crippen LogP contribution in [0, 0.1) is 0 Å². The smallest absolute Gasteiger partial charge is 0.143 e. The molecule has 0 aliphatic carbocycles. The summed E-state index contributed by atoms with van der Waals surface area (Å²) in [5.74, 6) is 2.47. The van der Waals surface area contributed by atoms with Gasteiger partial charge >= 0.3 is 0 Å². The van der Waals surface area contributed by atoms with Gasteiger partial charge in [0.15, 0.2) is 0 Å². The number of para-hydroxylation sites is 1. The van der Waals surface area contributed by atoms with Crippen LogP contribution in [0.2, 0.25) is 0 Å². The lowest BCUT2D eigenvalue weighted by Crippen LogP contribution is -2.29. The van der Waals surface area contributed by atoms with Crippen molar-refractivity contribution in [2.24, 2.45) is 0 Å². The van der Waals surface area contributed by atoms with Gasteiger partial charge in [-0.3, -0.25) is 5.32 Å².